The average molecular weight is 312 g/mol. The fourth-order valence-corrected chi connectivity index (χ4v) is 2.87. The minimum Gasteiger partial charge on any atom is -0.339 e. The monoisotopic (exact) mass is 311 g/mol. The molecule has 1 unspecified atom stereocenters. The molecule has 0 saturated carbocycles. The molecule has 1 atom stereocenters. The molecule has 6 heteroatoms. The summed E-state index contributed by atoms with van der Waals surface area (Å²) in [5.74, 6) is 2.08. The van der Waals surface area contributed by atoms with Gasteiger partial charge in [-0.05, 0) is 31.7 Å². The largest absolute Gasteiger partial charge is 0.339 e. The molecular formula is C14H18ClN3OS. The van der Waals surface area contributed by atoms with Crippen molar-refractivity contribution in [2.24, 2.45) is 0 Å². The van der Waals surface area contributed by atoms with Gasteiger partial charge in [0.25, 0.3) is 0 Å². The Balaban J connectivity index is 1.86. The molecule has 0 aliphatic heterocycles. The lowest BCUT2D eigenvalue weighted by molar-refractivity contribution is 0.359. The highest BCUT2D eigenvalue weighted by Gasteiger charge is 2.10. The van der Waals surface area contributed by atoms with E-state index in [-0.39, 0.29) is 0 Å². The first kappa shape index (κ1) is 15.4. The number of nitrogens with one attached hydrogen (secondary N) is 1. The molecule has 1 aromatic heterocycles. The minimum absolute atomic E-state index is 0.342. The summed E-state index contributed by atoms with van der Waals surface area (Å²) in [4.78, 5) is 5.50. The Labute approximate surface area is 128 Å². The van der Waals surface area contributed by atoms with Gasteiger partial charge in [0.05, 0.1) is 5.75 Å². The minimum atomic E-state index is 0.342. The van der Waals surface area contributed by atoms with Crippen LogP contribution in [0.2, 0.25) is 5.02 Å². The first-order chi connectivity index (χ1) is 9.67. The maximum absolute atomic E-state index is 5.95. The first-order valence-corrected chi connectivity index (χ1v) is 7.97. The average Bonchev–Trinajstić information content (AvgIpc) is 2.84. The van der Waals surface area contributed by atoms with Crippen LogP contribution in [0.3, 0.4) is 0 Å². The van der Waals surface area contributed by atoms with Crippen LogP contribution < -0.4 is 5.32 Å². The molecule has 0 aliphatic carbocycles. The molecular weight excluding hydrogens is 294 g/mol. The Morgan fingerprint density at radius 2 is 2.30 bits per heavy atom. The van der Waals surface area contributed by atoms with Crippen molar-refractivity contribution in [1.29, 1.82) is 0 Å². The van der Waals surface area contributed by atoms with Crippen molar-refractivity contribution in [3.05, 3.63) is 41.0 Å². The van der Waals surface area contributed by atoms with Crippen LogP contribution in [0.15, 0.2) is 33.7 Å². The van der Waals surface area contributed by atoms with Crippen LogP contribution in [-0.4, -0.2) is 22.7 Å². The number of nitrogens with zero attached hydrogens (tertiary/aromatic N) is 2. The summed E-state index contributed by atoms with van der Waals surface area (Å²) in [7, 11) is 0. The molecule has 0 aliphatic rings. The Kier molecular flexibility index (Phi) is 5.88. The van der Waals surface area contributed by atoms with Crippen LogP contribution in [0.4, 0.5) is 0 Å². The highest BCUT2D eigenvalue weighted by molar-refractivity contribution is 7.98. The number of halogens is 1. The highest BCUT2D eigenvalue weighted by atomic mass is 35.5. The van der Waals surface area contributed by atoms with E-state index in [9.17, 15) is 0 Å². The predicted molar refractivity (Wildman–Crippen MR) is 82.2 cm³/mol. The summed E-state index contributed by atoms with van der Waals surface area (Å²) < 4.78 is 5.25. The smallest absolute Gasteiger partial charge is 0.228 e. The van der Waals surface area contributed by atoms with Gasteiger partial charge in [0.15, 0.2) is 5.82 Å². The zero-order valence-corrected chi connectivity index (χ0v) is 13.2. The summed E-state index contributed by atoms with van der Waals surface area (Å²) in [6.45, 7) is 5.12. The van der Waals surface area contributed by atoms with Crippen molar-refractivity contribution in [2.45, 2.75) is 37.0 Å². The van der Waals surface area contributed by atoms with Crippen molar-refractivity contribution in [3.63, 3.8) is 0 Å². The van der Waals surface area contributed by atoms with Crippen molar-refractivity contribution < 1.29 is 4.52 Å². The van der Waals surface area contributed by atoms with Gasteiger partial charge in [-0.1, -0.05) is 29.7 Å². The van der Waals surface area contributed by atoms with Gasteiger partial charge in [-0.25, -0.2) is 0 Å². The van der Waals surface area contributed by atoms with Crippen molar-refractivity contribution in [1.82, 2.24) is 15.5 Å². The van der Waals surface area contributed by atoms with E-state index >= 15 is 0 Å². The summed E-state index contributed by atoms with van der Waals surface area (Å²) in [6.07, 6.45) is 0.753. The second-order valence-electron chi connectivity index (χ2n) is 4.51. The summed E-state index contributed by atoms with van der Waals surface area (Å²) in [5.41, 5.74) is 0. The van der Waals surface area contributed by atoms with Crippen molar-refractivity contribution >= 4 is 23.4 Å². The molecule has 1 aromatic carbocycles. The zero-order valence-electron chi connectivity index (χ0n) is 11.6. The summed E-state index contributed by atoms with van der Waals surface area (Å²) in [6, 6.07) is 8.09. The van der Waals surface area contributed by atoms with Crippen LogP contribution >= 0.6 is 23.4 Å². The van der Waals surface area contributed by atoms with E-state index in [2.05, 4.69) is 29.3 Å². The van der Waals surface area contributed by atoms with E-state index in [0.717, 1.165) is 22.9 Å². The maximum Gasteiger partial charge on any atom is 0.228 e. The lowest BCUT2D eigenvalue weighted by Gasteiger charge is -2.07. The van der Waals surface area contributed by atoms with E-state index in [4.69, 9.17) is 16.1 Å². The van der Waals surface area contributed by atoms with E-state index in [1.807, 2.05) is 24.3 Å². The molecule has 1 N–H and O–H groups in total. The van der Waals surface area contributed by atoms with Gasteiger partial charge < -0.3 is 9.84 Å². The number of likely N-dealkylation sites (N-methyl/N-ethyl adjacent to an activating group) is 1. The fraction of sp³-hybridized carbons (Fsp3) is 0.429. The molecule has 1 heterocycles. The van der Waals surface area contributed by atoms with Crippen molar-refractivity contribution in [3.8, 4) is 0 Å². The second kappa shape index (κ2) is 7.67. The number of hydrogen-bond acceptors (Lipinski definition) is 5. The Hall–Kier alpha value is -1.04. The van der Waals surface area contributed by atoms with Gasteiger partial charge in [0.1, 0.15) is 0 Å². The SMILES string of the molecule is CCNC(C)Cc1nc(CSc2cccc(Cl)c2)no1. The number of thioether (sulfide) groups is 1. The van der Waals surface area contributed by atoms with E-state index in [0.29, 0.717) is 23.5 Å². The van der Waals surface area contributed by atoms with Gasteiger partial charge in [0, 0.05) is 22.4 Å². The molecule has 4 nitrogen and oxygen atoms in total. The summed E-state index contributed by atoms with van der Waals surface area (Å²) >= 11 is 7.59. The zero-order chi connectivity index (χ0) is 14.4. The van der Waals surface area contributed by atoms with Gasteiger partial charge in [-0.15, -0.1) is 11.8 Å². The van der Waals surface area contributed by atoms with Gasteiger partial charge in [-0.3, -0.25) is 0 Å². The Morgan fingerprint density at radius 3 is 3.05 bits per heavy atom. The van der Waals surface area contributed by atoms with Crippen LogP contribution in [0.1, 0.15) is 25.6 Å². The van der Waals surface area contributed by atoms with Crippen LogP contribution in [0.5, 0.6) is 0 Å². The molecule has 108 valence electrons. The Bertz CT molecular complexity index is 547. The summed E-state index contributed by atoms with van der Waals surface area (Å²) in [5, 5.41) is 8.06. The van der Waals surface area contributed by atoms with Gasteiger partial charge in [0.2, 0.25) is 5.89 Å². The van der Waals surface area contributed by atoms with Crippen LogP contribution in [0, 0.1) is 0 Å². The quantitative estimate of drug-likeness (QED) is 0.792. The number of aromatic nitrogens is 2. The van der Waals surface area contributed by atoms with E-state index in [1.165, 1.54) is 0 Å². The topological polar surface area (TPSA) is 51.0 Å². The first-order valence-electron chi connectivity index (χ1n) is 6.60. The fourth-order valence-electron chi connectivity index (χ4n) is 1.82. The van der Waals surface area contributed by atoms with Gasteiger partial charge >= 0.3 is 0 Å². The predicted octanol–water partition coefficient (Wildman–Crippen LogP) is 3.56. The van der Waals surface area contributed by atoms with Crippen LogP contribution in [-0.2, 0) is 12.2 Å². The number of benzene rings is 1. The molecule has 0 fully saturated rings. The van der Waals surface area contributed by atoms with E-state index in [1.54, 1.807) is 11.8 Å². The van der Waals surface area contributed by atoms with Crippen molar-refractivity contribution in [2.75, 3.05) is 6.54 Å². The second-order valence-corrected chi connectivity index (χ2v) is 6.00. The maximum atomic E-state index is 5.95. The van der Waals surface area contributed by atoms with E-state index < -0.39 is 0 Å². The number of hydrogen-bond donors (Lipinski definition) is 1. The third-order valence-corrected chi connectivity index (χ3v) is 3.93. The third kappa shape index (κ3) is 4.81. The molecule has 0 spiro atoms. The highest BCUT2D eigenvalue weighted by Crippen LogP contribution is 2.24. The number of rotatable bonds is 7. The third-order valence-electron chi connectivity index (χ3n) is 2.71. The molecule has 0 amide bonds. The molecule has 2 aromatic rings. The molecule has 20 heavy (non-hydrogen) atoms. The lowest BCUT2D eigenvalue weighted by Crippen LogP contribution is -2.27. The normalized spacial score (nSPS) is 12.6. The lowest BCUT2D eigenvalue weighted by atomic mass is 10.2. The van der Waals surface area contributed by atoms with Gasteiger partial charge in [-0.2, -0.15) is 4.98 Å². The molecule has 0 radical (unpaired) electrons. The van der Waals surface area contributed by atoms with Crippen LogP contribution in [0.25, 0.3) is 0 Å². The molecule has 0 bridgehead atoms. The molecule has 2 rings (SSSR count). The standard InChI is InChI=1S/C14H18ClN3OS/c1-3-16-10(2)7-14-17-13(18-19-14)9-20-12-6-4-5-11(15)8-12/h4-6,8,10,16H,3,7,9H2,1-2H3. The molecule has 0 saturated heterocycles. The Morgan fingerprint density at radius 1 is 1.45 bits per heavy atom.